The van der Waals surface area contributed by atoms with E-state index in [4.69, 9.17) is 4.74 Å². The summed E-state index contributed by atoms with van der Waals surface area (Å²) in [5.74, 6) is 1.69. The first kappa shape index (κ1) is 30.1. The average Bonchev–Trinajstić information content (AvgIpc) is 2.84. The lowest BCUT2D eigenvalue weighted by Gasteiger charge is -2.14. The molecule has 0 N–H and O–H groups in total. The number of hydrogen-bond acceptors (Lipinski definition) is 3. The highest BCUT2D eigenvalue weighted by Crippen LogP contribution is 2.31. The normalized spacial score (nSPS) is 11.7. The van der Waals surface area contributed by atoms with Crippen LogP contribution >= 0.6 is 0 Å². The van der Waals surface area contributed by atoms with Crippen LogP contribution in [0.5, 0.6) is 11.5 Å². The molecule has 0 heterocycles. The van der Waals surface area contributed by atoms with E-state index < -0.39 is 0 Å². The molecule has 2 aromatic rings. The van der Waals surface area contributed by atoms with Gasteiger partial charge in [0.05, 0.1) is 11.4 Å². The van der Waals surface area contributed by atoms with Crippen LogP contribution in [-0.4, -0.2) is 18.5 Å². The fourth-order valence-corrected chi connectivity index (χ4v) is 3.00. The molecule has 0 aliphatic rings. The van der Waals surface area contributed by atoms with Crippen LogP contribution in [0.2, 0.25) is 0 Å². The first-order chi connectivity index (χ1) is 16.0. The van der Waals surface area contributed by atoms with E-state index >= 15 is 0 Å². The summed E-state index contributed by atoms with van der Waals surface area (Å²) in [5, 5.41) is 0. The molecular formula is C30H44N2O. The molecular weight excluding hydrogens is 404 g/mol. The third-order valence-electron chi connectivity index (χ3n) is 4.51. The largest absolute Gasteiger partial charge is 0.457 e. The van der Waals surface area contributed by atoms with Crippen molar-refractivity contribution >= 4 is 17.6 Å². The number of benzene rings is 2. The molecule has 0 radical (unpaired) electrons. The van der Waals surface area contributed by atoms with Crippen LogP contribution in [0, 0.1) is 13.8 Å². The lowest BCUT2D eigenvalue weighted by Crippen LogP contribution is -2.00. The van der Waals surface area contributed by atoms with Gasteiger partial charge in [0, 0.05) is 23.9 Å². The smallest absolute Gasteiger partial charge is 0.131 e. The highest BCUT2D eigenvalue weighted by Gasteiger charge is 2.10. The first-order valence-electron chi connectivity index (χ1n) is 12.3. The van der Waals surface area contributed by atoms with E-state index in [1.54, 1.807) is 0 Å². The van der Waals surface area contributed by atoms with Gasteiger partial charge in [-0.2, -0.15) is 0 Å². The van der Waals surface area contributed by atoms with Crippen LogP contribution in [-0.2, 0) is 0 Å². The zero-order chi connectivity index (χ0) is 25.2. The van der Waals surface area contributed by atoms with E-state index in [-0.39, 0.29) is 0 Å². The van der Waals surface area contributed by atoms with Gasteiger partial charge in [0.1, 0.15) is 11.5 Å². The number of rotatable bonds is 8. The topological polar surface area (TPSA) is 34.0 Å². The lowest BCUT2D eigenvalue weighted by atomic mass is 10.1. The number of allylic oxidation sites excluding steroid dienone is 3. The minimum absolute atomic E-state index is 0.745. The summed E-state index contributed by atoms with van der Waals surface area (Å²) in [6, 6.07) is 12.5. The van der Waals surface area contributed by atoms with Crippen LogP contribution in [0.3, 0.4) is 0 Å². The summed E-state index contributed by atoms with van der Waals surface area (Å²) < 4.78 is 6.38. The van der Waals surface area contributed by atoms with E-state index in [0.717, 1.165) is 58.1 Å². The van der Waals surface area contributed by atoms with Gasteiger partial charge >= 0.3 is 0 Å². The SMILES string of the molecule is CC.CC.CC=N/C(=C\CC)c1ccc(C)c(Oc2cc(C(/C=C\C)=NCC)ccc2C)c1. The second-order valence-corrected chi connectivity index (χ2v) is 6.81. The second kappa shape index (κ2) is 17.6. The van der Waals surface area contributed by atoms with Gasteiger partial charge < -0.3 is 4.74 Å². The van der Waals surface area contributed by atoms with Gasteiger partial charge in [0.25, 0.3) is 0 Å². The summed E-state index contributed by atoms with van der Waals surface area (Å²) in [7, 11) is 0. The molecule has 0 spiro atoms. The molecule has 0 saturated carbocycles. The quantitative estimate of drug-likeness (QED) is 0.370. The van der Waals surface area contributed by atoms with Crippen molar-refractivity contribution < 1.29 is 4.74 Å². The zero-order valence-corrected chi connectivity index (χ0v) is 22.5. The molecule has 0 atom stereocenters. The van der Waals surface area contributed by atoms with Crippen molar-refractivity contribution in [2.75, 3.05) is 6.54 Å². The molecule has 3 nitrogen and oxygen atoms in total. The minimum atomic E-state index is 0.745. The second-order valence-electron chi connectivity index (χ2n) is 6.81. The number of hydrogen-bond donors (Lipinski definition) is 0. The molecule has 0 bridgehead atoms. The van der Waals surface area contributed by atoms with Crippen LogP contribution in [0.15, 0.2) is 64.6 Å². The standard InChI is InChI=1S/C26H32N2O.2C2H6/c1-7-11-23(27-9-3)21-15-13-19(5)25(17-21)29-26-18-22(16-14-20(26)6)24(12-8-2)28-10-4;2*1-2/h7,10-18H,8-9H2,1-6H3;2*1-2H3/b11-7-,24-12-,27-23?,28-10?;;. The summed E-state index contributed by atoms with van der Waals surface area (Å²) in [6.07, 6.45) is 8.94. The Morgan fingerprint density at radius 3 is 1.88 bits per heavy atom. The van der Waals surface area contributed by atoms with Crippen molar-refractivity contribution in [3.8, 4) is 11.5 Å². The van der Waals surface area contributed by atoms with Crippen molar-refractivity contribution in [2.24, 2.45) is 9.98 Å². The van der Waals surface area contributed by atoms with E-state index in [0.29, 0.717) is 0 Å². The summed E-state index contributed by atoms with van der Waals surface area (Å²) in [6.45, 7) is 21.0. The molecule has 0 saturated heterocycles. The maximum Gasteiger partial charge on any atom is 0.131 e. The highest BCUT2D eigenvalue weighted by molar-refractivity contribution is 6.09. The summed E-state index contributed by atoms with van der Waals surface area (Å²) >= 11 is 0. The van der Waals surface area contributed by atoms with Crippen molar-refractivity contribution in [3.05, 3.63) is 76.9 Å². The maximum absolute atomic E-state index is 6.38. The Balaban J connectivity index is 0.00000242. The first-order valence-corrected chi connectivity index (χ1v) is 12.3. The fraction of sp³-hybridized carbons (Fsp3) is 0.400. The molecule has 180 valence electrons. The van der Waals surface area contributed by atoms with Crippen molar-refractivity contribution in [2.45, 2.75) is 75.7 Å². The van der Waals surface area contributed by atoms with Crippen LogP contribution < -0.4 is 4.74 Å². The Morgan fingerprint density at radius 1 is 0.848 bits per heavy atom. The van der Waals surface area contributed by atoms with Crippen molar-refractivity contribution in [3.63, 3.8) is 0 Å². The molecule has 2 aromatic carbocycles. The third-order valence-corrected chi connectivity index (χ3v) is 4.51. The molecule has 33 heavy (non-hydrogen) atoms. The number of ether oxygens (including phenoxy) is 1. The molecule has 0 aliphatic carbocycles. The Bertz CT molecular complexity index is 872. The predicted molar refractivity (Wildman–Crippen MR) is 149 cm³/mol. The summed E-state index contributed by atoms with van der Waals surface area (Å²) in [5.41, 5.74) is 6.23. The number of nitrogens with zero attached hydrogens (tertiary/aromatic N) is 2. The molecule has 0 amide bonds. The van der Waals surface area contributed by atoms with Crippen LogP contribution in [0.1, 0.15) is 84.1 Å². The molecule has 2 rings (SSSR count). The van der Waals surface area contributed by atoms with Crippen LogP contribution in [0.4, 0.5) is 0 Å². The maximum atomic E-state index is 6.38. The highest BCUT2D eigenvalue weighted by atomic mass is 16.5. The fourth-order valence-electron chi connectivity index (χ4n) is 3.00. The zero-order valence-electron chi connectivity index (χ0n) is 22.5. The van der Waals surface area contributed by atoms with Gasteiger partial charge in [0.15, 0.2) is 0 Å². The van der Waals surface area contributed by atoms with Gasteiger partial charge in [-0.05, 0) is 70.4 Å². The van der Waals surface area contributed by atoms with Crippen molar-refractivity contribution in [1.82, 2.24) is 0 Å². The van der Waals surface area contributed by atoms with Crippen LogP contribution in [0.25, 0.3) is 5.70 Å². The average molecular weight is 449 g/mol. The Kier molecular flexibility index (Phi) is 16.0. The molecule has 3 heteroatoms. The summed E-state index contributed by atoms with van der Waals surface area (Å²) in [4.78, 5) is 9.12. The van der Waals surface area contributed by atoms with Gasteiger partial charge in [-0.15, -0.1) is 0 Å². The monoisotopic (exact) mass is 448 g/mol. The molecule has 0 unspecified atom stereocenters. The predicted octanol–water partition coefficient (Wildman–Crippen LogP) is 9.37. The number of aryl methyl sites for hydroxylation is 2. The van der Waals surface area contributed by atoms with E-state index in [9.17, 15) is 0 Å². The van der Waals surface area contributed by atoms with E-state index in [1.165, 1.54) is 0 Å². The third kappa shape index (κ3) is 9.61. The molecule has 0 aliphatic heterocycles. The minimum Gasteiger partial charge on any atom is -0.457 e. The Morgan fingerprint density at radius 2 is 1.39 bits per heavy atom. The molecule has 0 aromatic heterocycles. The van der Waals surface area contributed by atoms with Gasteiger partial charge in [-0.1, -0.05) is 71.0 Å². The Labute approximate surface area is 203 Å². The van der Waals surface area contributed by atoms with Gasteiger partial charge in [-0.25, -0.2) is 0 Å². The van der Waals surface area contributed by atoms with E-state index in [2.05, 4.69) is 73.2 Å². The number of aliphatic imine (C=N–C) groups is 2. The van der Waals surface area contributed by atoms with Gasteiger partial charge in [0.2, 0.25) is 0 Å². The lowest BCUT2D eigenvalue weighted by molar-refractivity contribution is 0.475. The molecule has 0 fully saturated rings. The van der Waals surface area contributed by atoms with Crippen molar-refractivity contribution in [1.29, 1.82) is 0 Å². The van der Waals surface area contributed by atoms with Gasteiger partial charge in [-0.3, -0.25) is 9.98 Å². The van der Waals surface area contributed by atoms with E-state index in [1.807, 2.05) is 66.8 Å². The Hall–Kier alpha value is -2.94.